The summed E-state index contributed by atoms with van der Waals surface area (Å²) in [6, 6.07) is 23.7. The molecule has 0 fully saturated rings. The van der Waals surface area contributed by atoms with Gasteiger partial charge in [-0.1, -0.05) is 62.4 Å². The third-order valence-electron chi connectivity index (χ3n) is 5.29. The molecule has 0 bridgehead atoms. The van der Waals surface area contributed by atoms with Gasteiger partial charge in [-0.25, -0.2) is 4.90 Å². The molecule has 34 heavy (non-hydrogen) atoms. The monoisotopic (exact) mass is 456 g/mol. The number of benzene rings is 3. The highest BCUT2D eigenvalue weighted by Gasteiger charge is 2.41. The van der Waals surface area contributed by atoms with E-state index in [4.69, 9.17) is 9.47 Å². The number of rotatable bonds is 10. The molecule has 1 aliphatic heterocycles. The highest BCUT2D eigenvalue weighted by molar-refractivity contribution is 6.46. The lowest BCUT2D eigenvalue weighted by molar-refractivity contribution is -0.120. The van der Waals surface area contributed by atoms with E-state index in [0.717, 1.165) is 12.8 Å². The molecule has 6 heteroatoms. The molecule has 0 radical (unpaired) electrons. The molecular weight excluding hydrogens is 428 g/mol. The lowest BCUT2D eigenvalue weighted by Crippen LogP contribution is -2.32. The van der Waals surface area contributed by atoms with Gasteiger partial charge in [0.25, 0.3) is 11.8 Å². The average molecular weight is 457 g/mol. The number of anilines is 2. The fourth-order valence-corrected chi connectivity index (χ4v) is 3.74. The van der Waals surface area contributed by atoms with E-state index >= 15 is 0 Å². The van der Waals surface area contributed by atoms with E-state index < -0.39 is 11.8 Å². The predicted octanol–water partition coefficient (Wildman–Crippen LogP) is 5.66. The van der Waals surface area contributed by atoms with Crippen molar-refractivity contribution in [1.82, 2.24) is 0 Å². The molecule has 4 rings (SSSR count). The molecule has 0 atom stereocenters. The van der Waals surface area contributed by atoms with Crippen molar-refractivity contribution in [2.24, 2.45) is 0 Å². The van der Waals surface area contributed by atoms with E-state index in [9.17, 15) is 9.59 Å². The molecule has 0 saturated carbocycles. The number of carbonyl (C=O) groups is 2. The van der Waals surface area contributed by atoms with Crippen molar-refractivity contribution >= 4 is 28.8 Å². The van der Waals surface area contributed by atoms with Crippen molar-refractivity contribution in [2.45, 2.75) is 26.7 Å². The van der Waals surface area contributed by atoms with Crippen molar-refractivity contribution < 1.29 is 19.1 Å². The second-order valence-corrected chi connectivity index (χ2v) is 7.88. The van der Waals surface area contributed by atoms with Gasteiger partial charge in [-0.15, -0.1) is 0 Å². The molecule has 1 heterocycles. The molecule has 3 aromatic rings. The lowest BCUT2D eigenvalue weighted by atomic mass is 10.0. The maximum atomic E-state index is 13.7. The number of hydrogen-bond acceptors (Lipinski definition) is 5. The first-order valence-electron chi connectivity index (χ1n) is 11.5. The van der Waals surface area contributed by atoms with Gasteiger partial charge >= 0.3 is 0 Å². The number of nitrogens with one attached hydrogen (secondary N) is 1. The minimum atomic E-state index is -0.434. The minimum Gasteiger partial charge on any atom is -0.494 e. The van der Waals surface area contributed by atoms with Crippen LogP contribution >= 0.6 is 0 Å². The standard InChI is InChI=1S/C28H28N2O4/c1-3-17-33-22-14-10-13-21(19-22)29-26-25(20-11-6-5-7-12-20)27(31)30(28(26)32)23-15-8-9-16-24(23)34-18-4-2/h5-16,19,29H,3-4,17-18H2,1-2H3. The van der Waals surface area contributed by atoms with Gasteiger partial charge in [0.15, 0.2) is 0 Å². The zero-order chi connectivity index (χ0) is 23.9. The van der Waals surface area contributed by atoms with Crippen molar-refractivity contribution in [1.29, 1.82) is 0 Å². The van der Waals surface area contributed by atoms with Gasteiger partial charge in [0.05, 0.1) is 24.5 Å². The van der Waals surface area contributed by atoms with Crippen molar-refractivity contribution in [3.8, 4) is 11.5 Å². The summed E-state index contributed by atoms with van der Waals surface area (Å²) >= 11 is 0. The Morgan fingerprint density at radius 2 is 1.47 bits per heavy atom. The Labute approximate surface area is 199 Å². The van der Waals surface area contributed by atoms with Crippen molar-refractivity contribution in [3.63, 3.8) is 0 Å². The van der Waals surface area contributed by atoms with Gasteiger partial charge in [0, 0.05) is 11.8 Å². The number of carbonyl (C=O) groups excluding carboxylic acids is 2. The summed E-state index contributed by atoms with van der Waals surface area (Å²) in [7, 11) is 0. The van der Waals surface area contributed by atoms with E-state index in [-0.39, 0.29) is 5.70 Å². The summed E-state index contributed by atoms with van der Waals surface area (Å²) in [4.78, 5) is 28.6. The molecule has 1 aliphatic rings. The first kappa shape index (κ1) is 23.1. The summed E-state index contributed by atoms with van der Waals surface area (Å²) in [5.41, 5.74) is 2.29. The minimum absolute atomic E-state index is 0.217. The Bertz CT molecular complexity index is 1200. The Balaban J connectivity index is 1.75. The molecular formula is C28H28N2O4. The molecule has 0 saturated heterocycles. The zero-order valence-electron chi connectivity index (χ0n) is 19.4. The molecule has 0 spiro atoms. The second-order valence-electron chi connectivity index (χ2n) is 7.88. The molecule has 2 amide bonds. The smallest absolute Gasteiger partial charge is 0.282 e. The fraction of sp³-hybridized carbons (Fsp3) is 0.214. The van der Waals surface area contributed by atoms with Gasteiger partial charge in [-0.2, -0.15) is 0 Å². The fourth-order valence-electron chi connectivity index (χ4n) is 3.74. The van der Waals surface area contributed by atoms with Gasteiger partial charge in [-0.3, -0.25) is 9.59 Å². The number of ether oxygens (including phenoxy) is 2. The number of hydrogen-bond donors (Lipinski definition) is 1. The Morgan fingerprint density at radius 1 is 0.765 bits per heavy atom. The van der Waals surface area contributed by atoms with Crippen LogP contribution in [0.1, 0.15) is 32.3 Å². The van der Waals surface area contributed by atoms with E-state index in [1.54, 1.807) is 18.2 Å². The number of imide groups is 1. The van der Waals surface area contributed by atoms with E-state index in [1.165, 1.54) is 4.90 Å². The van der Waals surface area contributed by atoms with Crippen LogP contribution in [0.15, 0.2) is 84.6 Å². The number of amides is 2. The van der Waals surface area contributed by atoms with Gasteiger partial charge < -0.3 is 14.8 Å². The molecule has 0 unspecified atom stereocenters. The third-order valence-corrected chi connectivity index (χ3v) is 5.29. The van der Waals surface area contributed by atoms with Gasteiger partial charge in [-0.05, 0) is 42.7 Å². The van der Waals surface area contributed by atoms with Crippen LogP contribution in [-0.2, 0) is 9.59 Å². The normalized spacial score (nSPS) is 13.4. The van der Waals surface area contributed by atoms with Crippen LogP contribution < -0.4 is 19.7 Å². The molecule has 1 N–H and O–H groups in total. The molecule has 6 nitrogen and oxygen atoms in total. The summed E-state index contributed by atoms with van der Waals surface area (Å²) in [6.07, 6.45) is 1.70. The highest BCUT2D eigenvalue weighted by atomic mass is 16.5. The second kappa shape index (κ2) is 10.7. The topological polar surface area (TPSA) is 67.9 Å². The zero-order valence-corrected chi connectivity index (χ0v) is 19.4. The maximum absolute atomic E-state index is 13.7. The molecule has 0 aliphatic carbocycles. The lowest BCUT2D eigenvalue weighted by Gasteiger charge is -2.19. The Hall–Kier alpha value is -4.06. The quantitative estimate of drug-likeness (QED) is 0.399. The molecule has 174 valence electrons. The average Bonchev–Trinajstić information content (AvgIpc) is 3.11. The van der Waals surface area contributed by atoms with Crippen LogP contribution in [-0.4, -0.2) is 25.0 Å². The number of para-hydroxylation sites is 2. The summed E-state index contributed by atoms with van der Waals surface area (Å²) in [5.74, 6) is 0.358. The molecule has 3 aromatic carbocycles. The summed E-state index contributed by atoms with van der Waals surface area (Å²) < 4.78 is 11.6. The first-order valence-corrected chi connectivity index (χ1v) is 11.5. The Morgan fingerprint density at radius 3 is 2.24 bits per heavy atom. The third kappa shape index (κ3) is 4.81. The summed E-state index contributed by atoms with van der Waals surface area (Å²) in [6.45, 7) is 5.13. The van der Waals surface area contributed by atoms with Crippen LogP contribution in [0.3, 0.4) is 0 Å². The van der Waals surface area contributed by atoms with E-state index in [2.05, 4.69) is 5.32 Å². The van der Waals surface area contributed by atoms with Gasteiger partial charge in [0.1, 0.15) is 17.2 Å². The van der Waals surface area contributed by atoms with E-state index in [0.29, 0.717) is 47.2 Å². The maximum Gasteiger partial charge on any atom is 0.282 e. The van der Waals surface area contributed by atoms with Crippen LogP contribution in [0, 0.1) is 0 Å². The molecule has 0 aromatic heterocycles. The van der Waals surface area contributed by atoms with E-state index in [1.807, 2.05) is 74.5 Å². The first-order chi connectivity index (χ1) is 16.6. The van der Waals surface area contributed by atoms with Crippen LogP contribution in [0.2, 0.25) is 0 Å². The predicted molar refractivity (Wildman–Crippen MR) is 134 cm³/mol. The van der Waals surface area contributed by atoms with Crippen molar-refractivity contribution in [2.75, 3.05) is 23.4 Å². The number of nitrogens with zero attached hydrogens (tertiary/aromatic N) is 1. The van der Waals surface area contributed by atoms with Gasteiger partial charge in [0.2, 0.25) is 0 Å². The Kier molecular flexibility index (Phi) is 7.28. The van der Waals surface area contributed by atoms with Crippen LogP contribution in [0.25, 0.3) is 5.57 Å². The SMILES string of the molecule is CCCOc1cccc(NC2=C(c3ccccc3)C(=O)N(c3ccccc3OCCC)C2=O)c1. The largest absolute Gasteiger partial charge is 0.494 e. The van der Waals surface area contributed by atoms with Crippen LogP contribution in [0.5, 0.6) is 11.5 Å². The van der Waals surface area contributed by atoms with Crippen molar-refractivity contribution in [3.05, 3.63) is 90.1 Å². The highest BCUT2D eigenvalue weighted by Crippen LogP contribution is 2.38. The summed E-state index contributed by atoms with van der Waals surface area (Å²) in [5, 5.41) is 3.20. The van der Waals surface area contributed by atoms with Crippen LogP contribution in [0.4, 0.5) is 11.4 Å².